The van der Waals surface area contributed by atoms with Crippen LogP contribution in [-0.2, 0) is 20.9 Å². The van der Waals surface area contributed by atoms with Crippen LogP contribution in [0.3, 0.4) is 0 Å². The Morgan fingerprint density at radius 1 is 1.15 bits per heavy atom. The Morgan fingerprint density at radius 3 is 2.67 bits per heavy atom. The molecule has 0 aromatic heterocycles. The smallest absolute Gasteiger partial charge is 0.311 e. The zero-order valence-electron chi connectivity index (χ0n) is 16.1. The molecule has 2 heterocycles. The number of amides is 3. The number of carbonyl (C=O) groups is 3. The van der Waals surface area contributed by atoms with E-state index < -0.39 is 11.8 Å². The molecule has 3 rings (SSSR count). The molecule has 2 fully saturated rings. The molecule has 1 unspecified atom stereocenters. The van der Waals surface area contributed by atoms with E-state index in [9.17, 15) is 14.4 Å². The number of hydrogen-bond donors (Lipinski definition) is 1. The number of likely N-dealkylation sites (tertiary alicyclic amines) is 2. The Kier molecular flexibility index (Phi) is 6.14. The van der Waals surface area contributed by atoms with Gasteiger partial charge < -0.3 is 15.1 Å². The number of benzene rings is 1. The van der Waals surface area contributed by atoms with Gasteiger partial charge in [0.1, 0.15) is 0 Å². The number of nitrogens with one attached hydrogen (secondary N) is 1. The van der Waals surface area contributed by atoms with E-state index in [1.807, 2.05) is 42.2 Å². The summed E-state index contributed by atoms with van der Waals surface area (Å²) in [6.07, 6.45) is 3.97. The van der Waals surface area contributed by atoms with E-state index in [1.54, 1.807) is 4.90 Å². The Hall–Kier alpha value is -2.37. The van der Waals surface area contributed by atoms with Crippen molar-refractivity contribution in [2.45, 2.75) is 45.6 Å². The first-order valence-corrected chi connectivity index (χ1v) is 9.92. The van der Waals surface area contributed by atoms with E-state index in [0.29, 0.717) is 39.1 Å². The van der Waals surface area contributed by atoms with Crippen molar-refractivity contribution < 1.29 is 14.4 Å². The third-order valence-electron chi connectivity index (χ3n) is 5.64. The summed E-state index contributed by atoms with van der Waals surface area (Å²) in [6.45, 7) is 4.91. The van der Waals surface area contributed by atoms with Crippen LogP contribution in [0, 0.1) is 5.41 Å². The lowest BCUT2D eigenvalue weighted by Gasteiger charge is -2.48. The highest BCUT2D eigenvalue weighted by atomic mass is 16.2. The van der Waals surface area contributed by atoms with Crippen LogP contribution in [0.5, 0.6) is 0 Å². The molecule has 2 aliphatic rings. The molecule has 146 valence electrons. The van der Waals surface area contributed by atoms with Crippen LogP contribution in [0.2, 0.25) is 0 Å². The molecule has 0 saturated carbocycles. The highest BCUT2D eigenvalue weighted by Crippen LogP contribution is 2.39. The highest BCUT2D eigenvalue weighted by molar-refractivity contribution is 6.35. The minimum atomic E-state index is -0.512. The number of nitrogens with zero attached hydrogens (tertiary/aromatic N) is 2. The second-order valence-corrected chi connectivity index (χ2v) is 7.82. The van der Waals surface area contributed by atoms with Crippen LogP contribution in [0.1, 0.15) is 44.6 Å². The van der Waals surface area contributed by atoms with Gasteiger partial charge in [-0.2, -0.15) is 0 Å². The van der Waals surface area contributed by atoms with Crippen LogP contribution < -0.4 is 5.32 Å². The first-order chi connectivity index (χ1) is 13.0. The van der Waals surface area contributed by atoms with Gasteiger partial charge in [-0.15, -0.1) is 0 Å². The molecular formula is C21H29N3O3. The summed E-state index contributed by atoms with van der Waals surface area (Å²) < 4.78 is 0. The quantitative estimate of drug-likeness (QED) is 0.823. The fourth-order valence-corrected chi connectivity index (χ4v) is 4.22. The van der Waals surface area contributed by atoms with Gasteiger partial charge in [0, 0.05) is 44.6 Å². The van der Waals surface area contributed by atoms with E-state index >= 15 is 0 Å². The van der Waals surface area contributed by atoms with Gasteiger partial charge in [0.05, 0.1) is 0 Å². The van der Waals surface area contributed by atoms with E-state index in [0.717, 1.165) is 31.2 Å². The van der Waals surface area contributed by atoms with Crippen molar-refractivity contribution in [3.8, 4) is 0 Å². The normalized spacial score (nSPS) is 22.8. The van der Waals surface area contributed by atoms with E-state index in [1.165, 1.54) is 0 Å². The average molecular weight is 371 g/mol. The first kappa shape index (κ1) is 19.4. The maximum absolute atomic E-state index is 12.5. The van der Waals surface area contributed by atoms with Gasteiger partial charge in [0.15, 0.2) is 0 Å². The van der Waals surface area contributed by atoms with Crippen LogP contribution >= 0.6 is 0 Å². The number of rotatable bonds is 4. The lowest BCUT2D eigenvalue weighted by atomic mass is 9.73. The fourth-order valence-electron chi connectivity index (χ4n) is 4.22. The van der Waals surface area contributed by atoms with Crippen LogP contribution in [0.4, 0.5) is 0 Å². The van der Waals surface area contributed by atoms with Crippen molar-refractivity contribution in [1.82, 2.24) is 15.1 Å². The van der Waals surface area contributed by atoms with Gasteiger partial charge in [-0.1, -0.05) is 37.3 Å². The minimum Gasteiger partial charge on any atom is -0.348 e. The standard InChI is InChI=1S/C21H29N3O3/c1-2-12-22-19(26)20(27)23-13-6-10-21(15-23)11-9-18(25)24(16-21)14-17-7-4-3-5-8-17/h3-5,7-8H,2,6,9-16H2,1H3,(H,22,26). The Labute approximate surface area is 160 Å². The van der Waals surface area contributed by atoms with Gasteiger partial charge in [-0.3, -0.25) is 14.4 Å². The molecule has 3 amide bonds. The highest BCUT2D eigenvalue weighted by Gasteiger charge is 2.43. The minimum absolute atomic E-state index is 0.0956. The van der Waals surface area contributed by atoms with Crippen molar-refractivity contribution in [2.75, 3.05) is 26.2 Å². The van der Waals surface area contributed by atoms with Crippen molar-refractivity contribution in [2.24, 2.45) is 5.41 Å². The summed E-state index contributed by atoms with van der Waals surface area (Å²) >= 11 is 0. The van der Waals surface area contributed by atoms with Crippen LogP contribution in [-0.4, -0.2) is 53.7 Å². The van der Waals surface area contributed by atoms with Crippen molar-refractivity contribution in [3.63, 3.8) is 0 Å². The van der Waals surface area contributed by atoms with Gasteiger partial charge in [-0.05, 0) is 31.2 Å². The molecule has 2 saturated heterocycles. The van der Waals surface area contributed by atoms with E-state index in [2.05, 4.69) is 5.32 Å². The first-order valence-electron chi connectivity index (χ1n) is 9.92. The zero-order chi connectivity index (χ0) is 19.3. The summed E-state index contributed by atoms with van der Waals surface area (Å²) in [5.41, 5.74) is 1.02. The molecule has 1 spiro atoms. The lowest BCUT2D eigenvalue weighted by molar-refractivity contribution is -0.151. The second-order valence-electron chi connectivity index (χ2n) is 7.82. The van der Waals surface area contributed by atoms with Crippen LogP contribution in [0.25, 0.3) is 0 Å². The Morgan fingerprint density at radius 2 is 1.93 bits per heavy atom. The molecule has 27 heavy (non-hydrogen) atoms. The maximum Gasteiger partial charge on any atom is 0.311 e. The predicted octanol–water partition coefficient (Wildman–Crippen LogP) is 1.94. The number of hydrogen-bond acceptors (Lipinski definition) is 3. The zero-order valence-corrected chi connectivity index (χ0v) is 16.1. The molecule has 6 heteroatoms. The van der Waals surface area contributed by atoms with E-state index in [4.69, 9.17) is 0 Å². The van der Waals surface area contributed by atoms with Gasteiger partial charge in [0.2, 0.25) is 5.91 Å². The molecule has 6 nitrogen and oxygen atoms in total. The molecule has 1 aromatic rings. The molecule has 1 N–H and O–H groups in total. The lowest BCUT2D eigenvalue weighted by Crippen LogP contribution is -2.56. The molecule has 2 aliphatic heterocycles. The van der Waals surface area contributed by atoms with Crippen LogP contribution in [0.15, 0.2) is 30.3 Å². The third kappa shape index (κ3) is 4.67. The monoisotopic (exact) mass is 371 g/mol. The summed E-state index contributed by atoms with van der Waals surface area (Å²) in [4.78, 5) is 40.6. The van der Waals surface area contributed by atoms with Crippen molar-refractivity contribution in [1.29, 1.82) is 0 Å². The topological polar surface area (TPSA) is 69.7 Å². The Bertz CT molecular complexity index is 691. The summed E-state index contributed by atoms with van der Waals surface area (Å²) in [5, 5.41) is 2.67. The van der Waals surface area contributed by atoms with Gasteiger partial charge in [0.25, 0.3) is 0 Å². The van der Waals surface area contributed by atoms with Gasteiger partial charge >= 0.3 is 11.8 Å². The second kappa shape index (κ2) is 8.55. The van der Waals surface area contributed by atoms with Gasteiger partial charge in [-0.25, -0.2) is 0 Å². The maximum atomic E-state index is 12.5. The molecule has 1 atom stereocenters. The summed E-state index contributed by atoms with van der Waals surface area (Å²) in [5.74, 6) is -0.774. The summed E-state index contributed by atoms with van der Waals surface area (Å²) in [6, 6.07) is 9.99. The summed E-state index contributed by atoms with van der Waals surface area (Å²) in [7, 11) is 0. The largest absolute Gasteiger partial charge is 0.348 e. The molecule has 1 aromatic carbocycles. The Balaban J connectivity index is 1.66. The number of piperidine rings is 2. The SMILES string of the molecule is CCCNC(=O)C(=O)N1CCCC2(CCC(=O)N(Cc3ccccc3)C2)C1. The average Bonchev–Trinajstić information content (AvgIpc) is 2.69. The fraction of sp³-hybridized carbons (Fsp3) is 0.571. The molecule has 0 aliphatic carbocycles. The third-order valence-corrected chi connectivity index (χ3v) is 5.64. The molecule has 0 bridgehead atoms. The predicted molar refractivity (Wildman–Crippen MR) is 103 cm³/mol. The molecular weight excluding hydrogens is 342 g/mol. The molecule has 0 radical (unpaired) electrons. The van der Waals surface area contributed by atoms with E-state index in [-0.39, 0.29) is 11.3 Å². The van der Waals surface area contributed by atoms with Crippen molar-refractivity contribution >= 4 is 17.7 Å². The number of carbonyl (C=O) groups excluding carboxylic acids is 3. The van der Waals surface area contributed by atoms with Crippen molar-refractivity contribution in [3.05, 3.63) is 35.9 Å².